The van der Waals surface area contributed by atoms with Crippen LogP contribution in [0.1, 0.15) is 0 Å². The van der Waals surface area contributed by atoms with E-state index in [4.69, 9.17) is 46.4 Å². The fraction of sp³-hybridized carbons (Fsp3) is 1.00. The molecule has 0 aromatic heterocycles. The van der Waals surface area contributed by atoms with Gasteiger partial charge in [-0.1, -0.05) is 46.4 Å². The third kappa shape index (κ3) is 41.3. The Morgan fingerprint density at radius 1 is 0.833 bits per heavy atom. The van der Waals surface area contributed by atoms with Crippen molar-refractivity contribution in [3.8, 4) is 0 Å². The van der Waals surface area contributed by atoms with Gasteiger partial charge in [0.15, 0.2) is 0 Å². The molecule has 0 fully saturated rings. The Morgan fingerprint density at radius 3 is 0.833 bits per heavy atom. The van der Waals surface area contributed by atoms with Gasteiger partial charge in [0.2, 0.25) is 0 Å². The predicted molar refractivity (Wildman–Crippen MR) is 36.1 cm³/mol. The van der Waals surface area contributed by atoms with Crippen LogP contribution in [-0.4, -0.2) is 23.0 Å². The van der Waals surface area contributed by atoms with E-state index in [-0.39, 0.29) is 19.8 Å². The SMILES string of the molecule is ClC(Cl)(Cl)Cl.[GaH3]. The molecule has 0 aromatic rings. The molecule has 0 aliphatic carbocycles. The Hall–Kier alpha value is 1.80. The van der Waals surface area contributed by atoms with Crippen LogP contribution in [0.2, 0.25) is 0 Å². The number of hydrogen-bond acceptors (Lipinski definition) is 0. The molecule has 0 heterocycles. The monoisotopic (exact) mass is 224 g/mol. The van der Waals surface area contributed by atoms with Crippen molar-refractivity contribution in [1.29, 1.82) is 0 Å². The van der Waals surface area contributed by atoms with Crippen LogP contribution >= 0.6 is 46.4 Å². The Balaban J connectivity index is 0. The van der Waals surface area contributed by atoms with Gasteiger partial charge >= 0.3 is 19.8 Å². The first-order valence-electron chi connectivity index (χ1n) is 0.756. The van der Waals surface area contributed by atoms with Gasteiger partial charge in [0.25, 0.3) is 3.25 Å². The molecule has 0 unspecified atom stereocenters. The van der Waals surface area contributed by atoms with Crippen molar-refractivity contribution in [1.82, 2.24) is 0 Å². The summed E-state index contributed by atoms with van der Waals surface area (Å²) in [6, 6.07) is 0. The predicted octanol–water partition coefficient (Wildman–Crippen LogP) is 1.37. The van der Waals surface area contributed by atoms with Gasteiger partial charge in [-0.15, -0.1) is 0 Å². The molecular weight excluding hydrogens is 224 g/mol. The Labute approximate surface area is 69.1 Å². The van der Waals surface area contributed by atoms with E-state index < -0.39 is 3.25 Å². The standard InChI is InChI=1S/CCl4.Ga.3H/c2-1(3,4)5;;;;. The average molecular weight is 227 g/mol. The fourth-order valence-corrected chi connectivity index (χ4v) is 0. The Kier molecular flexibility index (Phi) is 6.71. The van der Waals surface area contributed by atoms with Crippen LogP contribution in [0.3, 0.4) is 0 Å². The van der Waals surface area contributed by atoms with E-state index >= 15 is 0 Å². The van der Waals surface area contributed by atoms with E-state index in [1.807, 2.05) is 0 Å². The van der Waals surface area contributed by atoms with E-state index in [1.165, 1.54) is 0 Å². The molecule has 0 nitrogen and oxygen atoms in total. The summed E-state index contributed by atoms with van der Waals surface area (Å²) in [6.07, 6.45) is 0. The molecule has 0 aromatic carbocycles. The van der Waals surface area contributed by atoms with Crippen molar-refractivity contribution < 1.29 is 0 Å². The van der Waals surface area contributed by atoms with Crippen LogP contribution in [0.25, 0.3) is 0 Å². The van der Waals surface area contributed by atoms with Crippen molar-refractivity contribution in [2.24, 2.45) is 0 Å². The topological polar surface area (TPSA) is 0 Å². The Bertz CT molecular complexity index is 23.0. The summed E-state index contributed by atoms with van der Waals surface area (Å²) in [5.74, 6) is 0. The van der Waals surface area contributed by atoms with Crippen molar-refractivity contribution in [2.75, 3.05) is 0 Å². The van der Waals surface area contributed by atoms with Gasteiger partial charge in [0, 0.05) is 0 Å². The molecule has 5 heteroatoms. The zero-order valence-electron chi connectivity index (χ0n) is 2.01. The van der Waals surface area contributed by atoms with Gasteiger partial charge in [0.05, 0.1) is 0 Å². The number of halogens is 4. The van der Waals surface area contributed by atoms with Crippen molar-refractivity contribution in [3.05, 3.63) is 0 Å². The first kappa shape index (κ1) is 10.7. The summed E-state index contributed by atoms with van der Waals surface area (Å²) in [5, 5.41) is 0. The third-order valence-corrected chi connectivity index (χ3v) is 0. The van der Waals surface area contributed by atoms with Gasteiger partial charge in [-0.3, -0.25) is 0 Å². The normalized spacial score (nSPS) is 10.0. The molecule has 0 amide bonds. The zero-order chi connectivity index (χ0) is 4.50. The summed E-state index contributed by atoms with van der Waals surface area (Å²) in [4.78, 5) is 0. The van der Waals surface area contributed by atoms with Crippen LogP contribution in [0, 0.1) is 0 Å². The third-order valence-electron chi connectivity index (χ3n) is 0. The van der Waals surface area contributed by atoms with Crippen LogP contribution in [0.15, 0.2) is 0 Å². The molecule has 0 N–H and O–H groups in total. The molecule has 0 aliphatic heterocycles. The van der Waals surface area contributed by atoms with E-state index in [2.05, 4.69) is 0 Å². The van der Waals surface area contributed by atoms with E-state index in [0.29, 0.717) is 0 Å². The minimum atomic E-state index is -1.61. The summed E-state index contributed by atoms with van der Waals surface area (Å²) in [7, 11) is 0. The quantitative estimate of drug-likeness (QED) is 0.432. The summed E-state index contributed by atoms with van der Waals surface area (Å²) in [6.45, 7) is 0. The summed E-state index contributed by atoms with van der Waals surface area (Å²) >= 11 is 19.3. The molecule has 0 atom stereocenters. The van der Waals surface area contributed by atoms with Crippen LogP contribution in [0.4, 0.5) is 0 Å². The van der Waals surface area contributed by atoms with Crippen molar-refractivity contribution in [3.63, 3.8) is 0 Å². The van der Waals surface area contributed by atoms with Crippen molar-refractivity contribution in [2.45, 2.75) is 3.25 Å². The first-order valence-corrected chi connectivity index (χ1v) is 2.27. The molecule has 0 aliphatic rings. The molecule has 6 heavy (non-hydrogen) atoms. The van der Waals surface area contributed by atoms with Gasteiger partial charge in [-0.2, -0.15) is 0 Å². The molecule has 0 rings (SSSR count). The van der Waals surface area contributed by atoms with E-state index in [0.717, 1.165) is 0 Å². The molecular formula is CH3Cl4Ga. The average Bonchev–Trinajstić information content (AvgIpc) is 0.722. The second-order valence-corrected chi connectivity index (χ2v) is 3.86. The number of rotatable bonds is 0. The zero-order valence-corrected chi connectivity index (χ0v) is 5.04. The molecule has 0 spiro atoms. The van der Waals surface area contributed by atoms with Gasteiger partial charge in [-0.25, -0.2) is 0 Å². The number of hydrogen-bond donors (Lipinski definition) is 0. The Morgan fingerprint density at radius 2 is 0.833 bits per heavy atom. The maximum atomic E-state index is 4.83. The van der Waals surface area contributed by atoms with Gasteiger partial charge in [-0.05, 0) is 0 Å². The molecule has 38 valence electrons. The molecule has 0 radical (unpaired) electrons. The maximum absolute atomic E-state index is 4.83. The second kappa shape index (κ2) is 3.76. The van der Waals surface area contributed by atoms with Gasteiger partial charge in [0.1, 0.15) is 0 Å². The summed E-state index contributed by atoms with van der Waals surface area (Å²) < 4.78 is -1.61. The first-order chi connectivity index (χ1) is 2.00. The van der Waals surface area contributed by atoms with E-state index in [1.54, 1.807) is 0 Å². The van der Waals surface area contributed by atoms with Crippen LogP contribution < -0.4 is 0 Å². The fourth-order valence-electron chi connectivity index (χ4n) is 0. The summed E-state index contributed by atoms with van der Waals surface area (Å²) in [5.41, 5.74) is 0. The second-order valence-electron chi connectivity index (χ2n) is 0.429. The minimum absolute atomic E-state index is 0. The van der Waals surface area contributed by atoms with Crippen LogP contribution in [0.5, 0.6) is 0 Å². The number of alkyl halides is 4. The molecule has 0 bridgehead atoms. The van der Waals surface area contributed by atoms with Crippen LogP contribution in [-0.2, 0) is 0 Å². The van der Waals surface area contributed by atoms with Gasteiger partial charge < -0.3 is 0 Å². The molecule has 0 saturated heterocycles. The van der Waals surface area contributed by atoms with Crippen molar-refractivity contribution >= 4 is 66.2 Å². The molecule has 0 saturated carbocycles. The van der Waals surface area contributed by atoms with E-state index in [9.17, 15) is 0 Å².